The van der Waals surface area contributed by atoms with Gasteiger partial charge in [0.2, 0.25) is 0 Å². The maximum Gasteiger partial charge on any atom is 0.264 e. The van der Waals surface area contributed by atoms with Crippen LogP contribution in [0.25, 0.3) is 6.08 Å². The number of carbonyl (C=O) groups excluding carboxylic acids is 1. The average Bonchev–Trinajstić information content (AvgIpc) is 2.96. The first-order valence-corrected chi connectivity index (χ1v) is 9.08. The summed E-state index contributed by atoms with van der Waals surface area (Å²) in [4.78, 5) is 17.5. The number of rotatable bonds is 5. The Hall–Kier alpha value is -2.79. The van der Waals surface area contributed by atoms with E-state index in [4.69, 9.17) is 4.74 Å². The van der Waals surface area contributed by atoms with Crippen LogP contribution in [0.4, 0.5) is 5.69 Å². The van der Waals surface area contributed by atoms with Crippen molar-refractivity contribution in [1.29, 1.82) is 0 Å². The van der Waals surface area contributed by atoms with Gasteiger partial charge < -0.3 is 10.1 Å². The lowest BCUT2D eigenvalue weighted by atomic mass is 10.1. The van der Waals surface area contributed by atoms with Gasteiger partial charge in [0.05, 0.1) is 10.6 Å². The molecule has 0 radical (unpaired) electrons. The molecular weight excluding hydrogens is 344 g/mol. The van der Waals surface area contributed by atoms with E-state index in [1.165, 1.54) is 17.3 Å². The molecule has 1 fully saturated rings. The number of ether oxygens (including phenoxy) is 1. The zero-order valence-electron chi connectivity index (χ0n) is 14.8. The Balaban J connectivity index is 1.85. The van der Waals surface area contributed by atoms with Crippen LogP contribution in [-0.4, -0.2) is 17.7 Å². The number of carbonyl (C=O) groups is 1. The third-order valence-electron chi connectivity index (χ3n) is 3.79. The van der Waals surface area contributed by atoms with Crippen molar-refractivity contribution < 1.29 is 9.53 Å². The van der Waals surface area contributed by atoms with Crippen molar-refractivity contribution in [2.45, 2.75) is 13.8 Å². The molecule has 0 saturated carbocycles. The van der Waals surface area contributed by atoms with Crippen molar-refractivity contribution in [3.05, 3.63) is 76.7 Å². The normalized spacial score (nSPS) is 16.8. The fraction of sp³-hybridized carbons (Fsp3) is 0.143. The molecule has 0 atom stereocenters. The first-order valence-electron chi connectivity index (χ1n) is 8.26. The number of para-hydroxylation sites is 1. The van der Waals surface area contributed by atoms with Crippen molar-refractivity contribution in [3.8, 4) is 5.75 Å². The predicted molar refractivity (Wildman–Crippen MR) is 109 cm³/mol. The highest BCUT2D eigenvalue weighted by Crippen LogP contribution is 2.31. The molecule has 1 heterocycles. The van der Waals surface area contributed by atoms with Gasteiger partial charge in [0, 0.05) is 5.56 Å². The van der Waals surface area contributed by atoms with E-state index in [0.717, 1.165) is 16.8 Å². The van der Waals surface area contributed by atoms with Crippen molar-refractivity contribution >= 4 is 34.6 Å². The molecule has 0 aromatic heterocycles. The summed E-state index contributed by atoms with van der Waals surface area (Å²) >= 11 is 1.33. The molecule has 3 rings (SSSR count). The number of aliphatic imine (C=N–C) groups is 1. The van der Waals surface area contributed by atoms with E-state index in [2.05, 4.69) is 23.0 Å². The van der Waals surface area contributed by atoms with Crippen LogP contribution in [0, 0.1) is 13.8 Å². The minimum atomic E-state index is -0.156. The number of hydrogen-bond acceptors (Lipinski definition) is 4. The Bertz CT molecular complexity index is 916. The molecular formula is C21H20N2O2S. The van der Waals surface area contributed by atoms with E-state index in [1.807, 2.05) is 56.3 Å². The van der Waals surface area contributed by atoms with Crippen LogP contribution in [0.2, 0.25) is 0 Å². The van der Waals surface area contributed by atoms with Gasteiger partial charge >= 0.3 is 0 Å². The number of nitrogens with one attached hydrogen (secondary N) is 1. The molecule has 2 aromatic carbocycles. The molecule has 26 heavy (non-hydrogen) atoms. The second-order valence-corrected chi connectivity index (χ2v) is 6.94. The highest BCUT2D eigenvalue weighted by Gasteiger charge is 2.24. The lowest BCUT2D eigenvalue weighted by Crippen LogP contribution is -2.19. The van der Waals surface area contributed by atoms with Gasteiger partial charge in [-0.25, -0.2) is 4.99 Å². The molecule has 0 unspecified atom stereocenters. The Morgan fingerprint density at radius 2 is 2.04 bits per heavy atom. The van der Waals surface area contributed by atoms with E-state index in [9.17, 15) is 4.79 Å². The quantitative estimate of drug-likeness (QED) is 0.615. The van der Waals surface area contributed by atoms with E-state index in [-0.39, 0.29) is 5.91 Å². The molecule has 1 saturated heterocycles. The molecule has 4 nitrogen and oxygen atoms in total. The van der Waals surface area contributed by atoms with Gasteiger partial charge in [-0.3, -0.25) is 4.79 Å². The van der Waals surface area contributed by atoms with Crippen molar-refractivity contribution in [1.82, 2.24) is 5.32 Å². The summed E-state index contributed by atoms with van der Waals surface area (Å²) in [6, 6.07) is 13.6. The summed E-state index contributed by atoms with van der Waals surface area (Å²) in [6.45, 7) is 8.13. The average molecular weight is 364 g/mol. The first-order chi connectivity index (χ1) is 12.6. The number of thioether (sulfide) groups is 1. The summed E-state index contributed by atoms with van der Waals surface area (Å²) in [5.41, 5.74) is 3.97. The van der Waals surface area contributed by atoms with E-state index in [1.54, 1.807) is 6.08 Å². The fourth-order valence-corrected chi connectivity index (χ4v) is 3.37. The largest absolute Gasteiger partial charge is 0.489 e. The second-order valence-electron chi connectivity index (χ2n) is 5.91. The molecule has 5 heteroatoms. The summed E-state index contributed by atoms with van der Waals surface area (Å²) in [7, 11) is 0. The van der Waals surface area contributed by atoms with Crippen LogP contribution in [-0.2, 0) is 4.79 Å². The number of amides is 1. The summed E-state index contributed by atoms with van der Waals surface area (Å²) in [5, 5.41) is 3.41. The summed E-state index contributed by atoms with van der Waals surface area (Å²) in [5.74, 6) is 0.560. The molecule has 1 aliphatic heterocycles. The highest BCUT2D eigenvalue weighted by atomic mass is 32.2. The van der Waals surface area contributed by atoms with Gasteiger partial charge in [-0.15, -0.1) is 0 Å². The van der Waals surface area contributed by atoms with Crippen molar-refractivity contribution in [3.63, 3.8) is 0 Å². The predicted octanol–water partition coefficient (Wildman–Crippen LogP) is 4.76. The van der Waals surface area contributed by atoms with Crippen LogP contribution >= 0.6 is 11.8 Å². The maximum absolute atomic E-state index is 12.3. The minimum absolute atomic E-state index is 0.156. The molecule has 1 N–H and O–H groups in total. The van der Waals surface area contributed by atoms with Gasteiger partial charge in [0.15, 0.2) is 5.17 Å². The molecule has 1 amide bonds. The minimum Gasteiger partial charge on any atom is -0.489 e. The lowest BCUT2D eigenvalue weighted by molar-refractivity contribution is -0.115. The van der Waals surface area contributed by atoms with E-state index >= 15 is 0 Å². The standard InChI is InChI=1S/C21H20N2O2S/c1-4-11-25-18-8-6-5-7-16(18)13-19-20(24)23-21(26-19)22-17-10-9-14(2)12-15(17)3/h4-10,12-13H,1,11H2,2-3H3,(H,22,23,24). The molecule has 1 aliphatic rings. The third-order valence-corrected chi connectivity index (χ3v) is 4.70. The summed E-state index contributed by atoms with van der Waals surface area (Å²) < 4.78 is 5.65. The molecule has 0 aliphatic carbocycles. The zero-order chi connectivity index (χ0) is 18.5. The summed E-state index contributed by atoms with van der Waals surface area (Å²) in [6.07, 6.45) is 3.51. The number of benzene rings is 2. The number of amidine groups is 1. The van der Waals surface area contributed by atoms with Crippen LogP contribution < -0.4 is 10.1 Å². The smallest absolute Gasteiger partial charge is 0.264 e. The maximum atomic E-state index is 12.3. The molecule has 132 valence electrons. The third kappa shape index (κ3) is 4.24. The lowest BCUT2D eigenvalue weighted by Gasteiger charge is -2.06. The Morgan fingerprint density at radius 1 is 1.23 bits per heavy atom. The monoisotopic (exact) mass is 364 g/mol. The van der Waals surface area contributed by atoms with Gasteiger partial charge in [-0.2, -0.15) is 0 Å². The van der Waals surface area contributed by atoms with Gasteiger partial charge in [-0.1, -0.05) is 48.6 Å². The Morgan fingerprint density at radius 3 is 2.81 bits per heavy atom. The molecule has 2 aromatic rings. The SMILES string of the molecule is C=CCOc1ccccc1C=C1SC(=Nc2ccc(C)cc2C)NC1=O. The molecule has 0 spiro atoms. The fourth-order valence-electron chi connectivity index (χ4n) is 2.54. The van der Waals surface area contributed by atoms with Gasteiger partial charge in [-0.05, 0) is 49.4 Å². The van der Waals surface area contributed by atoms with Crippen LogP contribution in [0.5, 0.6) is 5.75 Å². The van der Waals surface area contributed by atoms with Gasteiger partial charge in [0.25, 0.3) is 5.91 Å². The number of nitrogens with zero attached hydrogens (tertiary/aromatic N) is 1. The van der Waals surface area contributed by atoms with Crippen LogP contribution in [0.15, 0.2) is 65.0 Å². The zero-order valence-corrected chi connectivity index (χ0v) is 15.6. The Kier molecular flexibility index (Phi) is 5.58. The Labute approximate surface area is 157 Å². The topological polar surface area (TPSA) is 50.7 Å². The van der Waals surface area contributed by atoms with E-state index < -0.39 is 0 Å². The number of aryl methyl sites for hydroxylation is 2. The van der Waals surface area contributed by atoms with Crippen molar-refractivity contribution in [2.75, 3.05) is 6.61 Å². The van der Waals surface area contributed by atoms with Gasteiger partial charge in [0.1, 0.15) is 12.4 Å². The number of hydrogen-bond donors (Lipinski definition) is 1. The van der Waals surface area contributed by atoms with Crippen molar-refractivity contribution in [2.24, 2.45) is 4.99 Å². The van der Waals surface area contributed by atoms with E-state index in [0.29, 0.717) is 22.4 Å². The first kappa shape index (κ1) is 18.0. The second kappa shape index (κ2) is 8.06. The molecule has 0 bridgehead atoms. The highest BCUT2D eigenvalue weighted by molar-refractivity contribution is 8.18. The van der Waals surface area contributed by atoms with Crippen LogP contribution in [0.3, 0.4) is 0 Å². The van der Waals surface area contributed by atoms with Crippen LogP contribution in [0.1, 0.15) is 16.7 Å².